The van der Waals surface area contributed by atoms with Crippen LogP contribution < -0.4 is 4.74 Å². The van der Waals surface area contributed by atoms with Crippen molar-refractivity contribution in [3.63, 3.8) is 0 Å². The van der Waals surface area contributed by atoms with E-state index < -0.39 is 47.6 Å². The summed E-state index contributed by atoms with van der Waals surface area (Å²) in [5.41, 5.74) is -2.83. The van der Waals surface area contributed by atoms with Crippen LogP contribution in [0.25, 0.3) is 0 Å². The van der Waals surface area contributed by atoms with Crippen LogP contribution in [0, 0.1) is 17.8 Å². The molecule has 0 spiro atoms. The van der Waals surface area contributed by atoms with Crippen molar-refractivity contribution in [1.29, 1.82) is 0 Å². The van der Waals surface area contributed by atoms with Gasteiger partial charge < -0.3 is 40.1 Å². The van der Waals surface area contributed by atoms with Crippen molar-refractivity contribution >= 4 is 0 Å². The molecule has 0 amide bonds. The third-order valence-corrected chi connectivity index (χ3v) is 8.06. The second-order valence-electron chi connectivity index (χ2n) is 9.80. The van der Waals surface area contributed by atoms with Gasteiger partial charge in [-0.2, -0.15) is 0 Å². The van der Waals surface area contributed by atoms with E-state index in [0.717, 1.165) is 5.56 Å². The maximum atomic E-state index is 11.8. The van der Waals surface area contributed by atoms with Gasteiger partial charge in [0, 0.05) is 13.2 Å². The first-order valence-electron chi connectivity index (χ1n) is 11.8. The molecule has 9 atom stereocenters. The quantitative estimate of drug-likeness (QED) is 0.306. The molecule has 1 saturated heterocycles. The number of rotatable bonds is 8. The van der Waals surface area contributed by atoms with Gasteiger partial charge in [0.25, 0.3) is 0 Å². The zero-order valence-electron chi connectivity index (χ0n) is 18.8. The first-order valence-corrected chi connectivity index (χ1v) is 11.8. The Balaban J connectivity index is 1.71. The van der Waals surface area contributed by atoms with E-state index in [1.54, 1.807) is 18.2 Å². The minimum absolute atomic E-state index is 0.117. The van der Waals surface area contributed by atoms with E-state index in [4.69, 9.17) is 9.47 Å². The van der Waals surface area contributed by atoms with E-state index in [1.165, 1.54) is 0 Å². The van der Waals surface area contributed by atoms with Crippen molar-refractivity contribution in [2.75, 3.05) is 13.2 Å². The summed E-state index contributed by atoms with van der Waals surface area (Å²) in [6.07, 6.45) is -0.958. The van der Waals surface area contributed by atoms with Gasteiger partial charge in [-0.05, 0) is 74.0 Å². The second kappa shape index (κ2) is 9.62. The molecule has 184 valence electrons. The highest BCUT2D eigenvalue weighted by atomic mass is 16.7. The molecule has 8 nitrogen and oxygen atoms in total. The Kier molecular flexibility index (Phi) is 7.17. The highest BCUT2D eigenvalue weighted by Gasteiger charge is 2.73. The van der Waals surface area contributed by atoms with Crippen LogP contribution in [0.3, 0.4) is 0 Å². The summed E-state index contributed by atoms with van der Waals surface area (Å²) < 4.78 is 12.1. The number of aliphatic hydroxyl groups is 6. The molecule has 8 heteroatoms. The second-order valence-corrected chi connectivity index (χ2v) is 9.80. The third-order valence-electron chi connectivity index (χ3n) is 8.06. The van der Waals surface area contributed by atoms with E-state index in [1.807, 2.05) is 12.1 Å². The number of aliphatic hydroxyl groups excluding tert-OH is 4. The average Bonchev–Trinajstić information content (AvgIpc) is 2.90. The Labute approximate surface area is 194 Å². The summed E-state index contributed by atoms with van der Waals surface area (Å²) in [5.74, 6) is -0.950. The van der Waals surface area contributed by atoms with Crippen LogP contribution in [0.1, 0.15) is 37.7 Å². The van der Waals surface area contributed by atoms with Crippen LogP contribution in [0.5, 0.6) is 5.75 Å². The Morgan fingerprint density at radius 3 is 2.36 bits per heavy atom. The first-order chi connectivity index (χ1) is 15.8. The zero-order valence-corrected chi connectivity index (χ0v) is 18.8. The molecule has 2 bridgehead atoms. The number of ether oxygens (including phenoxy) is 2. The monoisotopic (exact) mass is 464 g/mol. The van der Waals surface area contributed by atoms with E-state index in [9.17, 15) is 30.6 Å². The van der Waals surface area contributed by atoms with Gasteiger partial charge in [0.15, 0.2) is 5.60 Å². The lowest BCUT2D eigenvalue weighted by Gasteiger charge is -2.62. The third kappa shape index (κ3) is 4.01. The van der Waals surface area contributed by atoms with E-state index in [-0.39, 0.29) is 25.6 Å². The molecule has 1 heterocycles. The molecule has 6 N–H and O–H groups in total. The van der Waals surface area contributed by atoms with Crippen LogP contribution in [-0.2, 0) is 11.2 Å². The lowest BCUT2D eigenvalue weighted by Crippen LogP contribution is -2.81. The van der Waals surface area contributed by atoms with Crippen LogP contribution in [-0.4, -0.2) is 79.7 Å². The Hall–Kier alpha value is -1.52. The van der Waals surface area contributed by atoms with Crippen LogP contribution >= 0.6 is 0 Å². The molecule has 4 rings (SSSR count). The predicted octanol–water partition coefficient (Wildman–Crippen LogP) is 0.514. The SMILES string of the molecule is C=CCc1ccc(OC2OC3C(O)C(CCO)CCC4CC(CCO)C2(O)C(O)C43O)cc1. The lowest BCUT2D eigenvalue weighted by atomic mass is 9.56. The van der Waals surface area contributed by atoms with Crippen molar-refractivity contribution in [1.82, 2.24) is 0 Å². The maximum Gasteiger partial charge on any atom is 0.232 e. The number of hydrogen-bond acceptors (Lipinski definition) is 8. The highest BCUT2D eigenvalue weighted by molar-refractivity contribution is 5.29. The Morgan fingerprint density at radius 1 is 1.03 bits per heavy atom. The zero-order chi connectivity index (χ0) is 23.8. The molecule has 0 aromatic heterocycles. The smallest absolute Gasteiger partial charge is 0.232 e. The van der Waals surface area contributed by atoms with Crippen molar-refractivity contribution in [2.24, 2.45) is 17.8 Å². The van der Waals surface area contributed by atoms with Gasteiger partial charge >= 0.3 is 0 Å². The summed E-state index contributed by atoms with van der Waals surface area (Å²) in [6, 6.07) is 7.17. The maximum absolute atomic E-state index is 11.8. The fourth-order valence-corrected chi connectivity index (χ4v) is 6.24. The molecular formula is C25H36O8. The standard InChI is InChI=1S/C25H36O8/c1-2-3-15-4-8-19(9-5-15)32-23-25(31)18(11-13-27)14-17-7-6-16(10-12-26)20(28)21(33-23)24(17,30)22(25)29/h2,4-5,8-9,16-18,20-23,26-31H,1,3,6-7,10-14H2. The molecule has 3 fully saturated rings. The Morgan fingerprint density at radius 2 is 1.73 bits per heavy atom. The van der Waals surface area contributed by atoms with Crippen molar-refractivity contribution in [3.8, 4) is 5.75 Å². The van der Waals surface area contributed by atoms with Crippen molar-refractivity contribution in [2.45, 2.75) is 74.3 Å². The van der Waals surface area contributed by atoms with Gasteiger partial charge in [0.1, 0.15) is 23.6 Å². The molecule has 1 aromatic carbocycles. The topological polar surface area (TPSA) is 140 Å². The summed E-state index contributed by atoms with van der Waals surface area (Å²) in [4.78, 5) is 0. The normalized spacial score (nSPS) is 42.4. The summed E-state index contributed by atoms with van der Waals surface area (Å²) >= 11 is 0. The molecular weight excluding hydrogens is 428 g/mol. The summed E-state index contributed by atoms with van der Waals surface area (Å²) in [6.45, 7) is 3.41. The van der Waals surface area contributed by atoms with Crippen LogP contribution in [0.2, 0.25) is 0 Å². The van der Waals surface area contributed by atoms with E-state index in [0.29, 0.717) is 37.9 Å². The van der Waals surface area contributed by atoms with Gasteiger partial charge in [-0.1, -0.05) is 18.2 Å². The largest absolute Gasteiger partial charge is 0.462 e. The number of hydrogen-bond donors (Lipinski definition) is 6. The number of fused-ring (bicyclic) bond motifs is 1. The van der Waals surface area contributed by atoms with E-state index >= 15 is 0 Å². The fraction of sp³-hybridized carbons (Fsp3) is 0.680. The molecule has 33 heavy (non-hydrogen) atoms. The number of benzene rings is 1. The minimum Gasteiger partial charge on any atom is -0.462 e. The molecule has 3 aliphatic rings. The highest BCUT2D eigenvalue weighted by Crippen LogP contribution is 2.56. The number of allylic oxidation sites excluding steroid dienone is 1. The van der Waals surface area contributed by atoms with Crippen molar-refractivity contribution < 1.29 is 40.1 Å². The summed E-state index contributed by atoms with van der Waals surface area (Å²) in [5, 5.41) is 65.2. The van der Waals surface area contributed by atoms with Crippen LogP contribution in [0.15, 0.2) is 36.9 Å². The van der Waals surface area contributed by atoms with Gasteiger partial charge in [-0.3, -0.25) is 0 Å². The molecule has 1 aliphatic heterocycles. The molecule has 2 saturated carbocycles. The van der Waals surface area contributed by atoms with E-state index in [2.05, 4.69) is 6.58 Å². The minimum atomic E-state index is -1.99. The average molecular weight is 465 g/mol. The predicted molar refractivity (Wildman–Crippen MR) is 119 cm³/mol. The Bertz CT molecular complexity index is 815. The molecule has 0 radical (unpaired) electrons. The molecule has 9 unspecified atom stereocenters. The van der Waals surface area contributed by atoms with Gasteiger partial charge in [0.2, 0.25) is 6.29 Å². The van der Waals surface area contributed by atoms with Gasteiger partial charge in [-0.15, -0.1) is 6.58 Å². The van der Waals surface area contributed by atoms with Gasteiger partial charge in [0.05, 0.1) is 6.10 Å². The van der Waals surface area contributed by atoms with Gasteiger partial charge in [-0.25, -0.2) is 0 Å². The summed E-state index contributed by atoms with van der Waals surface area (Å²) in [7, 11) is 0. The molecule has 1 aromatic rings. The fourth-order valence-electron chi connectivity index (χ4n) is 6.24. The first kappa shape index (κ1) is 24.6. The molecule has 2 aliphatic carbocycles. The van der Waals surface area contributed by atoms with Crippen molar-refractivity contribution in [3.05, 3.63) is 42.5 Å². The lowest BCUT2D eigenvalue weighted by molar-refractivity contribution is -0.398. The van der Waals surface area contributed by atoms with Crippen LogP contribution in [0.4, 0.5) is 0 Å².